The van der Waals surface area contributed by atoms with Crippen molar-refractivity contribution in [1.29, 1.82) is 0 Å². The van der Waals surface area contributed by atoms with Crippen molar-refractivity contribution < 1.29 is 27.9 Å². The molecule has 1 rings (SSSR count). The van der Waals surface area contributed by atoms with Gasteiger partial charge in [-0.3, -0.25) is 9.46 Å². The number of ether oxygens (including phenoxy) is 2. The molecule has 0 N–H and O–H groups in total. The summed E-state index contributed by atoms with van der Waals surface area (Å²) < 4.78 is 31.6. The number of nitrogens with zero attached hydrogens (tertiary/aromatic N) is 1. The van der Waals surface area contributed by atoms with Crippen LogP contribution in [0.1, 0.15) is 0 Å². The summed E-state index contributed by atoms with van der Waals surface area (Å²) >= 11 is 0. The van der Waals surface area contributed by atoms with Crippen molar-refractivity contribution in [3.05, 3.63) is 24.3 Å². The number of carbonyl (C=O) groups is 1. The van der Waals surface area contributed by atoms with Crippen LogP contribution < -0.4 is 9.64 Å². The zero-order valence-corrected chi connectivity index (χ0v) is 12.8. The molecule has 0 fully saturated rings. The van der Waals surface area contributed by atoms with Gasteiger partial charge in [-0.05, 0) is 12.1 Å². The fourth-order valence-corrected chi connectivity index (χ4v) is 2.08. The highest BCUT2D eigenvalue weighted by atomic mass is 31.2. The van der Waals surface area contributed by atoms with Gasteiger partial charge in [-0.2, -0.15) is 0 Å². The minimum Gasteiger partial charge on any atom is -0.479 e. The molecular weight excluding hydrogens is 285 g/mol. The normalized spacial score (nSPS) is 11.0. The van der Waals surface area contributed by atoms with Gasteiger partial charge in [0.2, 0.25) is 0 Å². The zero-order chi connectivity index (χ0) is 15.2. The van der Waals surface area contributed by atoms with Gasteiger partial charge in [0.05, 0.1) is 12.8 Å². The van der Waals surface area contributed by atoms with Crippen LogP contribution in [0.25, 0.3) is 0 Å². The molecular formula is C12H18NO6P. The molecule has 0 heterocycles. The van der Waals surface area contributed by atoms with E-state index < -0.39 is 13.7 Å². The standard InChI is InChI=1S/C12H18NO6P/c1-13(12(14)16-2)10-7-5-6-8-11(10)19-9-20(15,17-3)18-4/h5-8H,9H2,1-4H3. The van der Waals surface area contributed by atoms with E-state index in [1.807, 2.05) is 0 Å². The Balaban J connectivity index is 2.91. The zero-order valence-electron chi connectivity index (χ0n) is 11.9. The fourth-order valence-electron chi connectivity index (χ4n) is 1.42. The van der Waals surface area contributed by atoms with E-state index in [1.54, 1.807) is 31.3 Å². The predicted octanol–water partition coefficient (Wildman–Crippen LogP) is 2.71. The summed E-state index contributed by atoms with van der Waals surface area (Å²) in [4.78, 5) is 12.8. The Kier molecular flexibility index (Phi) is 6.01. The summed E-state index contributed by atoms with van der Waals surface area (Å²) in [6.07, 6.45) is -0.797. The van der Waals surface area contributed by atoms with E-state index in [4.69, 9.17) is 13.8 Å². The molecule has 112 valence electrons. The van der Waals surface area contributed by atoms with Crippen LogP contribution >= 0.6 is 7.60 Å². The van der Waals surface area contributed by atoms with E-state index in [0.717, 1.165) is 0 Å². The van der Waals surface area contributed by atoms with E-state index in [-0.39, 0.29) is 6.35 Å². The average molecular weight is 303 g/mol. The fraction of sp³-hybridized carbons (Fsp3) is 0.417. The van der Waals surface area contributed by atoms with Crippen molar-refractivity contribution in [2.45, 2.75) is 0 Å². The summed E-state index contributed by atoms with van der Waals surface area (Å²) in [5, 5.41) is 0. The van der Waals surface area contributed by atoms with Crippen molar-refractivity contribution in [3.63, 3.8) is 0 Å². The molecule has 0 atom stereocenters. The van der Waals surface area contributed by atoms with E-state index >= 15 is 0 Å². The Morgan fingerprint density at radius 1 is 1.20 bits per heavy atom. The molecule has 0 saturated carbocycles. The summed E-state index contributed by atoms with van der Waals surface area (Å²) in [6.45, 7) is 0. The largest absolute Gasteiger partial charge is 0.479 e. The lowest BCUT2D eigenvalue weighted by molar-refractivity contribution is 0.180. The summed E-state index contributed by atoms with van der Waals surface area (Å²) in [7, 11) is 2.10. The Morgan fingerprint density at radius 2 is 1.80 bits per heavy atom. The highest BCUT2D eigenvalue weighted by molar-refractivity contribution is 7.53. The van der Waals surface area contributed by atoms with Crippen LogP contribution in [0.2, 0.25) is 0 Å². The second kappa shape index (κ2) is 7.28. The Hall–Kier alpha value is -1.56. The molecule has 0 aliphatic rings. The number of hydrogen-bond acceptors (Lipinski definition) is 6. The van der Waals surface area contributed by atoms with E-state index in [1.165, 1.54) is 26.2 Å². The second-order valence-electron chi connectivity index (χ2n) is 3.75. The first-order valence-corrected chi connectivity index (χ1v) is 7.44. The molecule has 1 amide bonds. The van der Waals surface area contributed by atoms with Crippen molar-refractivity contribution in [1.82, 2.24) is 0 Å². The molecule has 8 heteroatoms. The third-order valence-electron chi connectivity index (χ3n) is 2.61. The smallest absolute Gasteiger partial charge is 0.413 e. The SMILES string of the molecule is COC(=O)N(C)c1ccccc1OCP(=O)(OC)OC. The molecule has 0 aliphatic heterocycles. The van der Waals surface area contributed by atoms with Gasteiger partial charge in [0, 0.05) is 21.3 Å². The summed E-state index contributed by atoms with van der Waals surface area (Å²) in [5.74, 6) is 0.370. The number of amides is 1. The minimum absolute atomic E-state index is 0.258. The Bertz CT molecular complexity index is 498. The molecule has 20 heavy (non-hydrogen) atoms. The van der Waals surface area contributed by atoms with Gasteiger partial charge in [0.15, 0.2) is 6.35 Å². The van der Waals surface area contributed by atoms with Crippen LogP contribution in [0.3, 0.4) is 0 Å². The van der Waals surface area contributed by atoms with Gasteiger partial charge in [-0.15, -0.1) is 0 Å². The van der Waals surface area contributed by atoms with Crippen LogP contribution in [0, 0.1) is 0 Å². The topological polar surface area (TPSA) is 74.3 Å². The van der Waals surface area contributed by atoms with Crippen LogP contribution in [0.15, 0.2) is 24.3 Å². The van der Waals surface area contributed by atoms with Gasteiger partial charge in [0.1, 0.15) is 5.75 Å². The minimum atomic E-state index is -3.28. The summed E-state index contributed by atoms with van der Waals surface area (Å²) in [6, 6.07) is 6.80. The number of rotatable bonds is 6. The van der Waals surface area contributed by atoms with Gasteiger partial charge >= 0.3 is 13.7 Å². The first kappa shape index (κ1) is 16.5. The lowest BCUT2D eigenvalue weighted by atomic mass is 10.3. The van der Waals surface area contributed by atoms with Gasteiger partial charge in [-0.1, -0.05) is 12.1 Å². The number of anilines is 1. The number of para-hydroxylation sites is 2. The van der Waals surface area contributed by atoms with Gasteiger partial charge in [0.25, 0.3) is 0 Å². The maximum absolute atomic E-state index is 11.9. The summed E-state index contributed by atoms with van der Waals surface area (Å²) in [5.41, 5.74) is 0.484. The van der Waals surface area contributed by atoms with E-state index in [2.05, 4.69) is 4.74 Å². The second-order valence-corrected chi connectivity index (χ2v) is 5.96. The molecule has 0 aliphatic carbocycles. The monoisotopic (exact) mass is 303 g/mol. The maximum atomic E-state index is 11.9. The van der Waals surface area contributed by atoms with E-state index in [9.17, 15) is 9.36 Å². The highest BCUT2D eigenvalue weighted by Crippen LogP contribution is 2.46. The van der Waals surface area contributed by atoms with Crippen molar-refractivity contribution >= 4 is 19.4 Å². The van der Waals surface area contributed by atoms with Gasteiger partial charge in [-0.25, -0.2) is 4.79 Å². The third-order valence-corrected chi connectivity index (χ3v) is 4.17. The lowest BCUT2D eigenvalue weighted by Crippen LogP contribution is -2.26. The van der Waals surface area contributed by atoms with Crippen molar-refractivity contribution in [3.8, 4) is 5.75 Å². The van der Waals surface area contributed by atoms with Crippen LogP contribution in [0.4, 0.5) is 10.5 Å². The number of carbonyl (C=O) groups excluding carboxylic acids is 1. The first-order valence-electron chi connectivity index (χ1n) is 5.71. The molecule has 0 unspecified atom stereocenters. The maximum Gasteiger partial charge on any atom is 0.413 e. The quantitative estimate of drug-likeness (QED) is 0.752. The molecule has 0 radical (unpaired) electrons. The number of methoxy groups -OCH3 is 1. The molecule has 1 aromatic rings. The number of benzene rings is 1. The Morgan fingerprint density at radius 3 is 2.35 bits per heavy atom. The average Bonchev–Trinajstić information content (AvgIpc) is 2.51. The molecule has 1 aromatic carbocycles. The van der Waals surface area contributed by atoms with Gasteiger partial charge < -0.3 is 18.5 Å². The van der Waals surface area contributed by atoms with Crippen LogP contribution in [-0.2, 0) is 18.3 Å². The Labute approximate surface area is 117 Å². The molecule has 0 bridgehead atoms. The van der Waals surface area contributed by atoms with Crippen LogP contribution in [-0.4, -0.2) is 40.8 Å². The molecule has 0 spiro atoms. The first-order chi connectivity index (χ1) is 9.47. The van der Waals surface area contributed by atoms with Crippen LogP contribution in [0.5, 0.6) is 5.75 Å². The molecule has 0 aromatic heterocycles. The third kappa shape index (κ3) is 3.96. The lowest BCUT2D eigenvalue weighted by Gasteiger charge is -2.20. The molecule has 0 saturated heterocycles. The number of hydrogen-bond donors (Lipinski definition) is 0. The predicted molar refractivity (Wildman–Crippen MR) is 74.4 cm³/mol. The van der Waals surface area contributed by atoms with E-state index in [0.29, 0.717) is 11.4 Å². The highest BCUT2D eigenvalue weighted by Gasteiger charge is 2.23. The molecule has 7 nitrogen and oxygen atoms in total. The van der Waals surface area contributed by atoms with Crippen molar-refractivity contribution in [2.24, 2.45) is 0 Å². The van der Waals surface area contributed by atoms with Crippen molar-refractivity contribution in [2.75, 3.05) is 39.6 Å².